The molecule has 0 aromatic heterocycles. The van der Waals surface area contributed by atoms with Gasteiger partial charge in [-0.15, -0.1) is 0 Å². The number of alkyl halides is 2. The van der Waals surface area contributed by atoms with Crippen LogP contribution in [0.3, 0.4) is 0 Å². The molecule has 1 aliphatic carbocycles. The Balaban J connectivity index is 1.41. The molecular formula is C20H24F2N2O2. The maximum Gasteiger partial charge on any atom is 0.282 e. The van der Waals surface area contributed by atoms with Crippen LogP contribution < -0.4 is 0 Å². The fourth-order valence-electron chi connectivity index (χ4n) is 4.89. The minimum absolute atomic E-state index is 0.0849. The number of benzene rings is 1. The summed E-state index contributed by atoms with van der Waals surface area (Å²) in [7, 11) is 0. The molecule has 2 aliphatic heterocycles. The zero-order chi connectivity index (χ0) is 18.4. The molecule has 2 heterocycles. The Kier molecular flexibility index (Phi) is 4.24. The van der Waals surface area contributed by atoms with Crippen molar-refractivity contribution in [3.8, 4) is 0 Å². The van der Waals surface area contributed by atoms with Crippen LogP contribution in [0, 0.1) is 11.3 Å². The van der Waals surface area contributed by atoms with Crippen molar-refractivity contribution < 1.29 is 18.4 Å². The molecule has 0 radical (unpaired) electrons. The first-order chi connectivity index (χ1) is 12.4. The van der Waals surface area contributed by atoms with Crippen molar-refractivity contribution in [1.82, 2.24) is 9.80 Å². The lowest BCUT2D eigenvalue weighted by atomic mass is 9.76. The Morgan fingerprint density at radius 3 is 2.46 bits per heavy atom. The molecule has 4 nitrogen and oxygen atoms in total. The van der Waals surface area contributed by atoms with Crippen LogP contribution in [-0.2, 0) is 16.0 Å². The van der Waals surface area contributed by atoms with Gasteiger partial charge in [-0.05, 0) is 24.8 Å². The predicted octanol–water partition coefficient (Wildman–Crippen LogP) is 2.73. The standard InChI is InChI=1S/C20H24F2N2O2/c21-20(22)13-24(14-20)18(26)16-7-4-8-19(16)9-10-23(12-19)17(25)11-15-5-2-1-3-6-15/h1-3,5-6,16H,4,7-14H2/t16-,19+/m1/s1. The highest BCUT2D eigenvalue weighted by Crippen LogP contribution is 2.51. The van der Waals surface area contributed by atoms with E-state index in [2.05, 4.69) is 0 Å². The molecule has 0 unspecified atom stereocenters. The van der Waals surface area contributed by atoms with E-state index >= 15 is 0 Å². The van der Waals surface area contributed by atoms with E-state index in [-0.39, 0.29) is 23.1 Å². The van der Waals surface area contributed by atoms with Crippen LogP contribution in [-0.4, -0.2) is 53.7 Å². The zero-order valence-corrected chi connectivity index (χ0v) is 14.8. The van der Waals surface area contributed by atoms with Gasteiger partial charge < -0.3 is 9.80 Å². The second-order valence-electron chi connectivity index (χ2n) is 8.09. The molecule has 0 bridgehead atoms. The zero-order valence-electron chi connectivity index (χ0n) is 14.8. The van der Waals surface area contributed by atoms with Gasteiger partial charge in [0, 0.05) is 24.4 Å². The molecule has 3 fully saturated rings. The molecule has 4 rings (SSSR count). The van der Waals surface area contributed by atoms with Gasteiger partial charge in [-0.1, -0.05) is 36.8 Å². The Morgan fingerprint density at radius 2 is 1.77 bits per heavy atom. The molecule has 140 valence electrons. The Morgan fingerprint density at radius 1 is 1.04 bits per heavy atom. The summed E-state index contributed by atoms with van der Waals surface area (Å²) in [4.78, 5) is 28.5. The molecular weight excluding hydrogens is 338 g/mol. The van der Waals surface area contributed by atoms with Crippen molar-refractivity contribution in [3.05, 3.63) is 35.9 Å². The summed E-state index contributed by atoms with van der Waals surface area (Å²) >= 11 is 0. The van der Waals surface area contributed by atoms with Crippen LogP contribution in [0.5, 0.6) is 0 Å². The summed E-state index contributed by atoms with van der Waals surface area (Å²) in [5.41, 5.74) is 0.772. The summed E-state index contributed by atoms with van der Waals surface area (Å²) < 4.78 is 26.3. The number of rotatable bonds is 3. The maximum atomic E-state index is 13.1. The van der Waals surface area contributed by atoms with E-state index in [0.717, 1.165) is 31.2 Å². The Labute approximate surface area is 152 Å². The summed E-state index contributed by atoms with van der Waals surface area (Å²) in [6.45, 7) is 0.342. The third-order valence-corrected chi connectivity index (χ3v) is 6.30. The van der Waals surface area contributed by atoms with Crippen LogP contribution in [0.2, 0.25) is 0 Å². The quantitative estimate of drug-likeness (QED) is 0.830. The van der Waals surface area contributed by atoms with E-state index in [4.69, 9.17) is 0 Å². The minimum atomic E-state index is -2.73. The largest absolute Gasteiger partial charge is 0.342 e. The number of hydrogen-bond acceptors (Lipinski definition) is 2. The van der Waals surface area contributed by atoms with Crippen molar-refractivity contribution in [2.75, 3.05) is 26.2 Å². The molecule has 3 aliphatic rings. The van der Waals surface area contributed by atoms with Gasteiger partial charge in [0.25, 0.3) is 5.92 Å². The number of carbonyl (C=O) groups is 2. The molecule has 1 spiro atoms. The third kappa shape index (κ3) is 3.10. The highest BCUT2D eigenvalue weighted by atomic mass is 19.3. The van der Waals surface area contributed by atoms with Crippen LogP contribution in [0.15, 0.2) is 30.3 Å². The van der Waals surface area contributed by atoms with Crippen molar-refractivity contribution in [2.24, 2.45) is 11.3 Å². The number of amides is 2. The van der Waals surface area contributed by atoms with E-state index < -0.39 is 19.0 Å². The van der Waals surface area contributed by atoms with Crippen molar-refractivity contribution in [1.29, 1.82) is 0 Å². The normalized spacial score (nSPS) is 29.8. The molecule has 0 N–H and O–H groups in total. The SMILES string of the molecule is O=C(Cc1ccccc1)N1CC[C@@]2(CCC[C@@H]2C(=O)N2CC(F)(F)C2)C1. The minimum Gasteiger partial charge on any atom is -0.342 e. The van der Waals surface area contributed by atoms with Crippen LogP contribution >= 0.6 is 0 Å². The first kappa shape index (κ1) is 17.4. The molecule has 1 aromatic carbocycles. The van der Waals surface area contributed by atoms with E-state index in [1.54, 1.807) is 0 Å². The molecule has 2 amide bonds. The van der Waals surface area contributed by atoms with Crippen molar-refractivity contribution in [3.63, 3.8) is 0 Å². The van der Waals surface area contributed by atoms with Crippen molar-refractivity contribution in [2.45, 2.75) is 38.0 Å². The van der Waals surface area contributed by atoms with Gasteiger partial charge in [-0.2, -0.15) is 0 Å². The van der Waals surface area contributed by atoms with Gasteiger partial charge in [-0.3, -0.25) is 9.59 Å². The lowest BCUT2D eigenvalue weighted by molar-refractivity contribution is -0.172. The first-order valence-corrected chi connectivity index (χ1v) is 9.37. The van der Waals surface area contributed by atoms with E-state index in [1.807, 2.05) is 35.2 Å². The second-order valence-corrected chi connectivity index (χ2v) is 8.09. The highest BCUT2D eigenvalue weighted by molar-refractivity contribution is 5.82. The molecule has 1 saturated carbocycles. The number of hydrogen-bond donors (Lipinski definition) is 0. The topological polar surface area (TPSA) is 40.6 Å². The smallest absolute Gasteiger partial charge is 0.282 e. The Bertz CT molecular complexity index is 701. The fourth-order valence-corrected chi connectivity index (χ4v) is 4.89. The van der Waals surface area contributed by atoms with Crippen LogP contribution in [0.1, 0.15) is 31.2 Å². The van der Waals surface area contributed by atoms with Gasteiger partial charge >= 0.3 is 0 Å². The molecule has 26 heavy (non-hydrogen) atoms. The molecule has 1 aromatic rings. The molecule has 2 saturated heterocycles. The van der Waals surface area contributed by atoms with Crippen LogP contribution in [0.4, 0.5) is 8.78 Å². The number of nitrogens with zero attached hydrogens (tertiary/aromatic N) is 2. The van der Waals surface area contributed by atoms with Gasteiger partial charge in [0.05, 0.1) is 19.5 Å². The van der Waals surface area contributed by atoms with Crippen LogP contribution in [0.25, 0.3) is 0 Å². The average molecular weight is 362 g/mol. The highest BCUT2D eigenvalue weighted by Gasteiger charge is 2.55. The summed E-state index contributed by atoms with van der Waals surface area (Å²) in [5.74, 6) is -2.99. The van der Waals surface area contributed by atoms with E-state index in [9.17, 15) is 18.4 Å². The molecule has 6 heteroatoms. The first-order valence-electron chi connectivity index (χ1n) is 9.37. The lowest BCUT2D eigenvalue weighted by Gasteiger charge is -2.42. The second kappa shape index (κ2) is 6.32. The van der Waals surface area contributed by atoms with Gasteiger partial charge in [0.1, 0.15) is 0 Å². The van der Waals surface area contributed by atoms with E-state index in [0.29, 0.717) is 19.5 Å². The van der Waals surface area contributed by atoms with E-state index in [1.165, 1.54) is 4.90 Å². The van der Waals surface area contributed by atoms with Gasteiger partial charge in [-0.25, -0.2) is 8.78 Å². The lowest BCUT2D eigenvalue weighted by Crippen LogP contribution is -2.60. The summed E-state index contributed by atoms with van der Waals surface area (Å²) in [6, 6.07) is 9.64. The number of carbonyl (C=O) groups excluding carboxylic acids is 2. The van der Waals surface area contributed by atoms with Crippen molar-refractivity contribution >= 4 is 11.8 Å². The molecule has 2 atom stereocenters. The maximum absolute atomic E-state index is 13.1. The number of likely N-dealkylation sites (tertiary alicyclic amines) is 2. The third-order valence-electron chi connectivity index (χ3n) is 6.30. The monoisotopic (exact) mass is 362 g/mol. The number of halogens is 2. The Hall–Kier alpha value is -1.98. The average Bonchev–Trinajstić information content (AvgIpc) is 3.20. The summed E-state index contributed by atoms with van der Waals surface area (Å²) in [6.07, 6.45) is 3.76. The van der Waals surface area contributed by atoms with Gasteiger partial charge in [0.15, 0.2) is 0 Å². The predicted molar refractivity (Wildman–Crippen MR) is 92.6 cm³/mol. The summed E-state index contributed by atoms with van der Waals surface area (Å²) in [5, 5.41) is 0. The van der Waals surface area contributed by atoms with Gasteiger partial charge in [0.2, 0.25) is 11.8 Å². The fraction of sp³-hybridized carbons (Fsp3) is 0.600.